The van der Waals surface area contributed by atoms with Crippen molar-refractivity contribution in [1.29, 1.82) is 0 Å². The minimum absolute atomic E-state index is 0.114. The summed E-state index contributed by atoms with van der Waals surface area (Å²) in [6.07, 6.45) is 5.82. The molecule has 1 fully saturated rings. The first-order chi connectivity index (χ1) is 11.5. The van der Waals surface area contributed by atoms with Gasteiger partial charge < -0.3 is 4.90 Å². The summed E-state index contributed by atoms with van der Waals surface area (Å²) >= 11 is 1.52. The highest BCUT2D eigenvalue weighted by molar-refractivity contribution is 8.00. The molecule has 3 rings (SSSR count). The number of rotatable bonds is 6. The van der Waals surface area contributed by atoms with Crippen molar-refractivity contribution in [3.63, 3.8) is 0 Å². The lowest BCUT2D eigenvalue weighted by atomic mass is 10.1. The summed E-state index contributed by atoms with van der Waals surface area (Å²) in [4.78, 5) is 18.3. The molecule has 2 aromatic heterocycles. The molecule has 1 saturated carbocycles. The fourth-order valence-corrected chi connectivity index (χ4v) is 3.80. The molecule has 0 saturated heterocycles. The molecule has 0 aromatic carbocycles. The van der Waals surface area contributed by atoms with Crippen molar-refractivity contribution in [3.8, 4) is 11.4 Å². The highest BCUT2D eigenvalue weighted by Gasteiger charge is 2.33. The molecule has 0 radical (unpaired) electrons. The van der Waals surface area contributed by atoms with Gasteiger partial charge in [0.25, 0.3) is 0 Å². The second-order valence-corrected chi connectivity index (χ2v) is 7.77. The van der Waals surface area contributed by atoms with Crippen molar-refractivity contribution < 1.29 is 4.79 Å². The largest absolute Gasteiger partial charge is 0.348 e. The Morgan fingerprint density at radius 2 is 2.08 bits per heavy atom. The van der Waals surface area contributed by atoms with Crippen LogP contribution in [0.15, 0.2) is 29.7 Å². The van der Waals surface area contributed by atoms with Gasteiger partial charge in [0.1, 0.15) is 0 Å². The summed E-state index contributed by atoms with van der Waals surface area (Å²) in [7, 11) is 3.59. The topological polar surface area (TPSA) is 63.9 Å². The van der Waals surface area contributed by atoms with Gasteiger partial charge in [-0.3, -0.25) is 14.3 Å². The van der Waals surface area contributed by atoms with Crippen LogP contribution in [0.1, 0.15) is 32.7 Å². The lowest BCUT2D eigenvalue weighted by Crippen LogP contribution is -2.35. The standard InChI is InChI=1S/C17H23N5OS/c1-11(2)14(16(23)21(3)4)24-17-20-19-15(22(17)13-7-8-13)12-6-5-9-18-10-12/h5-6,9-11,13-14H,7-8H2,1-4H3/t14-/m1/s1. The number of nitrogens with zero attached hydrogens (tertiary/aromatic N) is 5. The van der Waals surface area contributed by atoms with Crippen LogP contribution in [0.3, 0.4) is 0 Å². The van der Waals surface area contributed by atoms with Crippen molar-refractivity contribution in [1.82, 2.24) is 24.6 Å². The van der Waals surface area contributed by atoms with E-state index in [0.29, 0.717) is 6.04 Å². The second kappa shape index (κ2) is 6.93. The van der Waals surface area contributed by atoms with Crippen LogP contribution < -0.4 is 0 Å². The molecule has 1 amide bonds. The quantitative estimate of drug-likeness (QED) is 0.753. The maximum atomic E-state index is 12.5. The Morgan fingerprint density at radius 3 is 2.62 bits per heavy atom. The highest BCUT2D eigenvalue weighted by atomic mass is 32.2. The molecular weight excluding hydrogens is 322 g/mol. The number of carbonyl (C=O) groups excluding carboxylic acids is 1. The summed E-state index contributed by atoms with van der Waals surface area (Å²) in [5.74, 6) is 1.17. The maximum absolute atomic E-state index is 12.5. The van der Waals surface area contributed by atoms with E-state index >= 15 is 0 Å². The number of thioether (sulfide) groups is 1. The third kappa shape index (κ3) is 3.45. The van der Waals surface area contributed by atoms with Crippen LogP contribution in [0.5, 0.6) is 0 Å². The van der Waals surface area contributed by atoms with E-state index in [1.807, 2.05) is 18.3 Å². The predicted molar refractivity (Wildman–Crippen MR) is 94.7 cm³/mol. The van der Waals surface area contributed by atoms with E-state index in [9.17, 15) is 4.79 Å². The number of hydrogen-bond acceptors (Lipinski definition) is 5. The van der Waals surface area contributed by atoms with E-state index in [0.717, 1.165) is 29.4 Å². The second-order valence-electron chi connectivity index (χ2n) is 6.66. The molecule has 2 heterocycles. The normalized spacial score (nSPS) is 15.5. The maximum Gasteiger partial charge on any atom is 0.235 e. The third-order valence-corrected chi connectivity index (χ3v) is 5.51. The van der Waals surface area contributed by atoms with Gasteiger partial charge in [-0.1, -0.05) is 25.6 Å². The first-order valence-electron chi connectivity index (χ1n) is 8.22. The molecular formula is C17H23N5OS. The van der Waals surface area contributed by atoms with Crippen LogP contribution >= 0.6 is 11.8 Å². The van der Waals surface area contributed by atoms with Gasteiger partial charge in [-0.2, -0.15) is 0 Å². The summed E-state index contributed by atoms with van der Waals surface area (Å²) in [6, 6.07) is 4.33. The first kappa shape index (κ1) is 17.0. The molecule has 7 heteroatoms. The molecule has 6 nitrogen and oxygen atoms in total. The molecule has 0 bridgehead atoms. The van der Waals surface area contributed by atoms with Gasteiger partial charge in [-0.25, -0.2) is 0 Å². The number of hydrogen-bond donors (Lipinski definition) is 0. The van der Waals surface area contributed by atoms with E-state index < -0.39 is 0 Å². The van der Waals surface area contributed by atoms with Crippen LogP contribution in [-0.2, 0) is 4.79 Å². The average Bonchev–Trinajstić information content (AvgIpc) is 3.32. The van der Waals surface area contributed by atoms with Gasteiger partial charge in [0.2, 0.25) is 5.91 Å². The van der Waals surface area contributed by atoms with Gasteiger partial charge in [-0.15, -0.1) is 10.2 Å². The van der Waals surface area contributed by atoms with Gasteiger partial charge >= 0.3 is 0 Å². The molecule has 2 aromatic rings. The fourth-order valence-electron chi connectivity index (χ4n) is 2.55. The number of pyridine rings is 1. The molecule has 0 spiro atoms. The van der Waals surface area contributed by atoms with Crippen molar-refractivity contribution in [2.45, 2.75) is 43.1 Å². The first-order valence-corrected chi connectivity index (χ1v) is 9.10. The lowest BCUT2D eigenvalue weighted by molar-refractivity contribution is -0.128. The zero-order valence-electron chi connectivity index (χ0n) is 14.5. The summed E-state index contributed by atoms with van der Waals surface area (Å²) in [5, 5.41) is 9.45. The molecule has 1 aliphatic carbocycles. The van der Waals surface area contributed by atoms with Crippen LogP contribution in [0, 0.1) is 5.92 Å². The Labute approximate surface area is 146 Å². The minimum atomic E-state index is -0.163. The van der Waals surface area contributed by atoms with Gasteiger partial charge in [0.05, 0.1) is 5.25 Å². The summed E-state index contributed by atoms with van der Waals surface area (Å²) < 4.78 is 2.18. The van der Waals surface area contributed by atoms with Crippen LogP contribution in [0.4, 0.5) is 0 Å². The summed E-state index contributed by atoms with van der Waals surface area (Å²) in [5.41, 5.74) is 0.962. The zero-order chi connectivity index (χ0) is 17.3. The Hall–Kier alpha value is -1.89. The van der Waals surface area contributed by atoms with Crippen LogP contribution in [-0.4, -0.2) is 49.9 Å². The van der Waals surface area contributed by atoms with Crippen molar-refractivity contribution >= 4 is 17.7 Å². The SMILES string of the molecule is CC(C)[C@@H](Sc1nnc(-c2cccnc2)n1C1CC1)C(=O)N(C)C. The monoisotopic (exact) mass is 345 g/mol. The molecule has 1 aliphatic rings. The average molecular weight is 345 g/mol. The Bertz CT molecular complexity index is 709. The lowest BCUT2D eigenvalue weighted by Gasteiger charge is -2.23. The highest BCUT2D eigenvalue weighted by Crippen LogP contribution is 2.42. The smallest absolute Gasteiger partial charge is 0.235 e. The van der Waals surface area contributed by atoms with Crippen molar-refractivity contribution in [2.24, 2.45) is 5.92 Å². The Balaban J connectivity index is 1.94. The number of carbonyl (C=O) groups is 1. The predicted octanol–water partition coefficient (Wildman–Crippen LogP) is 2.88. The van der Waals surface area contributed by atoms with Gasteiger partial charge in [0.15, 0.2) is 11.0 Å². The van der Waals surface area contributed by atoms with E-state index in [1.54, 1.807) is 25.2 Å². The zero-order valence-corrected chi connectivity index (χ0v) is 15.3. The van der Waals surface area contributed by atoms with E-state index in [2.05, 4.69) is 33.6 Å². The number of amides is 1. The van der Waals surface area contributed by atoms with E-state index in [4.69, 9.17) is 0 Å². The van der Waals surface area contributed by atoms with Crippen molar-refractivity contribution in [2.75, 3.05) is 14.1 Å². The fraction of sp³-hybridized carbons (Fsp3) is 0.529. The van der Waals surface area contributed by atoms with Crippen LogP contribution in [0.2, 0.25) is 0 Å². The molecule has 24 heavy (non-hydrogen) atoms. The third-order valence-electron chi connectivity index (χ3n) is 4.02. The van der Waals surface area contributed by atoms with Gasteiger partial charge in [-0.05, 0) is 30.9 Å². The Morgan fingerprint density at radius 1 is 1.33 bits per heavy atom. The Kier molecular flexibility index (Phi) is 4.89. The molecule has 1 atom stereocenters. The molecule has 0 aliphatic heterocycles. The summed E-state index contributed by atoms with van der Waals surface area (Å²) in [6.45, 7) is 4.14. The molecule has 128 valence electrons. The number of aromatic nitrogens is 4. The van der Waals surface area contributed by atoms with Gasteiger partial charge in [0, 0.05) is 38.1 Å². The molecule has 0 unspecified atom stereocenters. The van der Waals surface area contributed by atoms with E-state index in [1.165, 1.54) is 11.8 Å². The van der Waals surface area contributed by atoms with Crippen molar-refractivity contribution in [3.05, 3.63) is 24.5 Å². The minimum Gasteiger partial charge on any atom is -0.348 e. The van der Waals surface area contributed by atoms with E-state index in [-0.39, 0.29) is 17.1 Å². The molecule has 0 N–H and O–H groups in total. The van der Waals surface area contributed by atoms with Crippen LogP contribution in [0.25, 0.3) is 11.4 Å².